The molecule has 0 unspecified atom stereocenters. The van der Waals surface area contributed by atoms with Crippen LogP contribution in [0.2, 0.25) is 0 Å². The van der Waals surface area contributed by atoms with Crippen molar-refractivity contribution in [3.8, 4) is 17.2 Å². The van der Waals surface area contributed by atoms with Crippen LogP contribution in [0.4, 0.5) is 5.82 Å². The van der Waals surface area contributed by atoms with Crippen molar-refractivity contribution in [1.82, 2.24) is 9.97 Å². The average molecular weight is 383 g/mol. The molecule has 3 aromatic rings. The molecule has 0 spiro atoms. The second kappa shape index (κ2) is 8.43. The third-order valence-electron chi connectivity index (χ3n) is 4.31. The van der Waals surface area contributed by atoms with Gasteiger partial charge in [-0.25, -0.2) is 14.8 Å². The van der Waals surface area contributed by atoms with Crippen molar-refractivity contribution in [3.63, 3.8) is 0 Å². The summed E-state index contributed by atoms with van der Waals surface area (Å²) in [7, 11) is 6.09. The number of methoxy groups -OCH3 is 4. The lowest BCUT2D eigenvalue weighted by Crippen LogP contribution is -2.07. The molecule has 3 rings (SSSR count). The molecule has 0 amide bonds. The van der Waals surface area contributed by atoms with Crippen molar-refractivity contribution in [1.29, 1.82) is 0 Å². The van der Waals surface area contributed by atoms with E-state index >= 15 is 0 Å². The number of carbonyl (C=O) groups excluding carboxylic acids is 1. The van der Waals surface area contributed by atoms with Gasteiger partial charge in [-0.2, -0.15) is 0 Å². The fraction of sp³-hybridized carbons (Fsp3) is 0.250. The molecule has 0 aliphatic heterocycles. The van der Waals surface area contributed by atoms with Crippen molar-refractivity contribution in [2.75, 3.05) is 33.8 Å². The lowest BCUT2D eigenvalue weighted by molar-refractivity contribution is 0.0601. The van der Waals surface area contributed by atoms with E-state index in [1.54, 1.807) is 51.7 Å². The molecule has 8 nitrogen and oxygen atoms in total. The Labute approximate surface area is 162 Å². The van der Waals surface area contributed by atoms with E-state index in [2.05, 4.69) is 15.3 Å². The topological polar surface area (TPSA) is 91.8 Å². The van der Waals surface area contributed by atoms with Crippen molar-refractivity contribution in [2.24, 2.45) is 0 Å². The third kappa shape index (κ3) is 3.75. The minimum Gasteiger partial charge on any atom is -0.496 e. The normalized spacial score (nSPS) is 10.4. The number of hydrogen-bond acceptors (Lipinski definition) is 8. The fourth-order valence-corrected chi connectivity index (χ4v) is 2.87. The van der Waals surface area contributed by atoms with Gasteiger partial charge in [0.25, 0.3) is 0 Å². The Balaban J connectivity index is 1.97. The van der Waals surface area contributed by atoms with E-state index in [0.717, 1.165) is 5.56 Å². The summed E-state index contributed by atoms with van der Waals surface area (Å²) in [5, 5.41) is 3.98. The molecule has 146 valence electrons. The first-order valence-electron chi connectivity index (χ1n) is 8.47. The van der Waals surface area contributed by atoms with Gasteiger partial charge in [-0.05, 0) is 18.2 Å². The molecular formula is C20H21N3O5. The Morgan fingerprint density at radius 1 is 0.964 bits per heavy atom. The summed E-state index contributed by atoms with van der Waals surface area (Å²) in [6.07, 6.45) is 1.46. The number of benzene rings is 2. The maximum absolute atomic E-state index is 11.8. The molecule has 2 aromatic carbocycles. The number of fused-ring (bicyclic) bond motifs is 1. The predicted molar refractivity (Wildman–Crippen MR) is 104 cm³/mol. The molecule has 1 heterocycles. The number of ether oxygens (including phenoxy) is 4. The van der Waals surface area contributed by atoms with Gasteiger partial charge < -0.3 is 24.3 Å². The van der Waals surface area contributed by atoms with Gasteiger partial charge in [0.15, 0.2) is 0 Å². The molecule has 1 N–H and O–H groups in total. The van der Waals surface area contributed by atoms with E-state index in [-0.39, 0.29) is 0 Å². The molecule has 0 radical (unpaired) electrons. The molecule has 0 fully saturated rings. The fourth-order valence-electron chi connectivity index (χ4n) is 2.87. The first-order valence-corrected chi connectivity index (χ1v) is 8.47. The SMILES string of the molecule is COC(=O)c1ccc2ncnc(NCc3c(OC)cc(OC)cc3OC)c2c1. The van der Waals surface area contributed by atoms with E-state index < -0.39 is 5.97 Å². The van der Waals surface area contributed by atoms with Crippen LogP contribution in [0.3, 0.4) is 0 Å². The second-order valence-corrected chi connectivity index (χ2v) is 5.81. The highest BCUT2D eigenvalue weighted by Crippen LogP contribution is 2.34. The maximum atomic E-state index is 11.8. The molecule has 0 aliphatic rings. The summed E-state index contributed by atoms with van der Waals surface area (Å²) < 4.78 is 21.0. The molecule has 0 atom stereocenters. The predicted octanol–water partition coefficient (Wildman–Crippen LogP) is 3.05. The number of anilines is 1. The number of carbonyl (C=O) groups is 1. The van der Waals surface area contributed by atoms with Crippen LogP contribution in [0, 0.1) is 0 Å². The van der Waals surface area contributed by atoms with E-state index in [9.17, 15) is 4.79 Å². The third-order valence-corrected chi connectivity index (χ3v) is 4.31. The molecule has 1 aromatic heterocycles. The van der Waals surface area contributed by atoms with Gasteiger partial charge in [0.05, 0.1) is 45.1 Å². The van der Waals surface area contributed by atoms with Crippen LogP contribution in [-0.4, -0.2) is 44.4 Å². The van der Waals surface area contributed by atoms with E-state index in [4.69, 9.17) is 18.9 Å². The molecule has 0 bridgehead atoms. The van der Waals surface area contributed by atoms with Gasteiger partial charge in [-0.15, -0.1) is 0 Å². The number of rotatable bonds is 7. The monoisotopic (exact) mass is 383 g/mol. The Morgan fingerprint density at radius 3 is 2.29 bits per heavy atom. The number of nitrogens with zero attached hydrogens (tertiary/aromatic N) is 2. The summed E-state index contributed by atoms with van der Waals surface area (Å²) in [6.45, 7) is 0.380. The van der Waals surface area contributed by atoms with Crippen LogP contribution >= 0.6 is 0 Å². The van der Waals surface area contributed by atoms with Gasteiger partial charge in [0.1, 0.15) is 29.4 Å². The van der Waals surface area contributed by atoms with E-state index in [1.807, 2.05) is 0 Å². The Bertz CT molecular complexity index is 981. The van der Waals surface area contributed by atoms with Gasteiger partial charge in [0, 0.05) is 24.1 Å². The van der Waals surface area contributed by atoms with Gasteiger partial charge in [0.2, 0.25) is 0 Å². The van der Waals surface area contributed by atoms with Gasteiger partial charge >= 0.3 is 5.97 Å². The smallest absolute Gasteiger partial charge is 0.337 e. The zero-order chi connectivity index (χ0) is 20.1. The molecule has 0 saturated heterocycles. The highest BCUT2D eigenvalue weighted by atomic mass is 16.5. The van der Waals surface area contributed by atoms with Crippen LogP contribution < -0.4 is 19.5 Å². The number of nitrogens with one attached hydrogen (secondary N) is 1. The minimum atomic E-state index is -0.421. The highest BCUT2D eigenvalue weighted by Gasteiger charge is 2.15. The van der Waals surface area contributed by atoms with Crippen molar-refractivity contribution in [2.45, 2.75) is 6.54 Å². The first-order chi connectivity index (χ1) is 13.6. The van der Waals surface area contributed by atoms with Crippen LogP contribution in [0.25, 0.3) is 10.9 Å². The standard InChI is InChI=1S/C20H21N3O5/c1-25-13-8-17(26-2)15(18(9-13)27-3)10-21-19-14-7-12(20(24)28-4)5-6-16(14)22-11-23-19/h5-9,11H,10H2,1-4H3,(H,21,22,23). The largest absolute Gasteiger partial charge is 0.496 e. The van der Waals surface area contributed by atoms with Crippen molar-refractivity contribution < 1.29 is 23.7 Å². The summed E-state index contributed by atoms with van der Waals surface area (Å²) in [5.74, 6) is 2.04. The zero-order valence-electron chi connectivity index (χ0n) is 16.1. The average Bonchev–Trinajstić information content (AvgIpc) is 2.75. The lowest BCUT2D eigenvalue weighted by Gasteiger charge is -2.16. The Hall–Kier alpha value is -3.55. The molecule has 8 heteroatoms. The second-order valence-electron chi connectivity index (χ2n) is 5.81. The van der Waals surface area contributed by atoms with E-state index in [0.29, 0.717) is 46.1 Å². The quantitative estimate of drug-likeness (QED) is 0.623. The summed E-state index contributed by atoms with van der Waals surface area (Å²) in [5.41, 5.74) is 1.94. The van der Waals surface area contributed by atoms with Crippen LogP contribution in [0.5, 0.6) is 17.2 Å². The lowest BCUT2D eigenvalue weighted by atomic mass is 10.1. The summed E-state index contributed by atoms with van der Waals surface area (Å²) in [4.78, 5) is 20.4. The molecule has 28 heavy (non-hydrogen) atoms. The minimum absolute atomic E-state index is 0.380. The highest BCUT2D eigenvalue weighted by molar-refractivity contribution is 5.97. The number of esters is 1. The Kier molecular flexibility index (Phi) is 5.78. The Morgan fingerprint density at radius 2 is 1.68 bits per heavy atom. The molecule has 0 saturated carbocycles. The van der Waals surface area contributed by atoms with Crippen molar-refractivity contribution in [3.05, 3.63) is 47.8 Å². The summed E-state index contributed by atoms with van der Waals surface area (Å²) in [6, 6.07) is 8.69. The zero-order valence-corrected chi connectivity index (χ0v) is 16.1. The maximum Gasteiger partial charge on any atom is 0.337 e. The van der Waals surface area contributed by atoms with Gasteiger partial charge in [-0.1, -0.05) is 0 Å². The number of aromatic nitrogens is 2. The van der Waals surface area contributed by atoms with E-state index in [1.165, 1.54) is 13.4 Å². The van der Waals surface area contributed by atoms with Gasteiger partial charge in [-0.3, -0.25) is 0 Å². The molecule has 0 aliphatic carbocycles. The van der Waals surface area contributed by atoms with Crippen molar-refractivity contribution >= 4 is 22.7 Å². The van der Waals surface area contributed by atoms with Crippen LogP contribution in [0.15, 0.2) is 36.7 Å². The first kappa shape index (κ1) is 19.2. The molecular weight excluding hydrogens is 362 g/mol. The number of hydrogen-bond donors (Lipinski definition) is 1. The van der Waals surface area contributed by atoms with Crippen LogP contribution in [-0.2, 0) is 11.3 Å². The van der Waals surface area contributed by atoms with Crippen LogP contribution in [0.1, 0.15) is 15.9 Å². The summed E-state index contributed by atoms with van der Waals surface area (Å²) >= 11 is 0.